The average molecular weight is 401 g/mol. The number of H-pyrrole nitrogens is 1. The first-order valence-electron chi connectivity index (χ1n) is 9.86. The van der Waals surface area contributed by atoms with Crippen molar-refractivity contribution in [3.05, 3.63) is 72.1 Å². The minimum absolute atomic E-state index is 0.194. The van der Waals surface area contributed by atoms with E-state index in [9.17, 15) is 4.39 Å². The van der Waals surface area contributed by atoms with Crippen LogP contribution in [0.4, 0.5) is 10.3 Å². The number of nitrogens with two attached hydrogens (primary N) is 1. The van der Waals surface area contributed by atoms with Crippen LogP contribution in [0, 0.1) is 5.82 Å². The number of nitrogens with zero attached hydrogens (tertiary/aromatic N) is 5. The second-order valence-corrected chi connectivity index (χ2v) is 7.23. The van der Waals surface area contributed by atoms with Gasteiger partial charge in [0.05, 0.1) is 12.4 Å². The van der Waals surface area contributed by atoms with Gasteiger partial charge in [0, 0.05) is 34.4 Å². The minimum atomic E-state index is -0.446. The molecule has 7 nitrogen and oxygen atoms in total. The molecule has 150 valence electrons. The number of halogens is 1. The Hall–Kier alpha value is -3.81. The summed E-state index contributed by atoms with van der Waals surface area (Å²) in [5.74, 6) is 0.0693. The van der Waals surface area contributed by atoms with Crippen molar-refractivity contribution in [2.75, 3.05) is 5.73 Å². The molecule has 6 rings (SSSR count). The Kier molecular flexibility index (Phi) is 4.59. The molecule has 5 aromatic rings. The highest BCUT2D eigenvalue weighted by Crippen LogP contribution is 2.28. The number of nitrogens with one attached hydrogen (secondary N) is 1. The van der Waals surface area contributed by atoms with Gasteiger partial charge in [-0.2, -0.15) is 14.6 Å². The molecule has 0 atom stereocenters. The van der Waals surface area contributed by atoms with Gasteiger partial charge in [0.25, 0.3) is 0 Å². The standard InChI is InChI=1S/C12H13N.C10H7FN6/c1-3-7-11-9(5-1)10-6-2-4-8-12(10)13-11;11-7-3-6(4-13-5-7)9-15-8-1-2-14-17(8)10(12)16-9/h1,3,5,7,13H,2,4,6,8H2;1-5H,(H2,12,15,16). The van der Waals surface area contributed by atoms with E-state index in [-0.39, 0.29) is 5.95 Å². The molecule has 1 aliphatic rings. The van der Waals surface area contributed by atoms with Crippen molar-refractivity contribution < 1.29 is 4.39 Å². The van der Waals surface area contributed by atoms with Gasteiger partial charge < -0.3 is 10.7 Å². The fourth-order valence-corrected chi connectivity index (χ4v) is 3.87. The first-order valence-corrected chi connectivity index (χ1v) is 9.86. The van der Waals surface area contributed by atoms with Crippen LogP contribution in [-0.2, 0) is 12.8 Å². The number of hydrogen-bond donors (Lipinski definition) is 2. The molecule has 0 bridgehead atoms. The Morgan fingerprint density at radius 3 is 2.80 bits per heavy atom. The van der Waals surface area contributed by atoms with Crippen molar-refractivity contribution in [1.29, 1.82) is 0 Å². The maximum Gasteiger partial charge on any atom is 0.225 e. The molecule has 0 saturated heterocycles. The third kappa shape index (κ3) is 3.36. The molecule has 0 aliphatic heterocycles. The van der Waals surface area contributed by atoms with Crippen molar-refractivity contribution in [2.24, 2.45) is 0 Å². The van der Waals surface area contributed by atoms with Gasteiger partial charge in [-0.15, -0.1) is 0 Å². The van der Waals surface area contributed by atoms with Crippen LogP contribution >= 0.6 is 0 Å². The van der Waals surface area contributed by atoms with Gasteiger partial charge in [-0.1, -0.05) is 18.2 Å². The summed E-state index contributed by atoms with van der Waals surface area (Å²) in [6, 6.07) is 11.6. The molecule has 8 heteroatoms. The Morgan fingerprint density at radius 1 is 1.03 bits per heavy atom. The van der Waals surface area contributed by atoms with Gasteiger partial charge in [-0.25, -0.2) is 9.37 Å². The van der Waals surface area contributed by atoms with Crippen LogP contribution in [0.1, 0.15) is 24.1 Å². The number of anilines is 1. The van der Waals surface area contributed by atoms with E-state index in [4.69, 9.17) is 5.73 Å². The molecule has 30 heavy (non-hydrogen) atoms. The number of aromatic amines is 1. The second kappa shape index (κ2) is 7.55. The largest absolute Gasteiger partial charge is 0.368 e. The van der Waals surface area contributed by atoms with Crippen molar-refractivity contribution >= 4 is 22.5 Å². The lowest BCUT2D eigenvalue weighted by molar-refractivity contribution is 0.622. The molecule has 1 aliphatic carbocycles. The lowest BCUT2D eigenvalue weighted by Crippen LogP contribution is -2.05. The predicted octanol–water partition coefficient (Wildman–Crippen LogP) is 3.95. The predicted molar refractivity (Wildman–Crippen MR) is 113 cm³/mol. The maximum absolute atomic E-state index is 13.0. The third-order valence-electron chi connectivity index (χ3n) is 5.25. The van der Waals surface area contributed by atoms with E-state index in [2.05, 4.69) is 49.3 Å². The summed E-state index contributed by atoms with van der Waals surface area (Å²) in [5.41, 5.74) is 11.1. The van der Waals surface area contributed by atoms with Crippen molar-refractivity contribution in [3.8, 4) is 11.4 Å². The number of aryl methyl sites for hydroxylation is 2. The smallest absolute Gasteiger partial charge is 0.225 e. The third-order valence-corrected chi connectivity index (χ3v) is 5.25. The molecule has 1 aromatic carbocycles. The Bertz CT molecular complexity index is 1340. The van der Waals surface area contributed by atoms with Crippen LogP contribution in [0.15, 0.2) is 55.0 Å². The lowest BCUT2D eigenvalue weighted by atomic mass is 9.96. The van der Waals surface area contributed by atoms with E-state index in [1.54, 1.807) is 17.8 Å². The molecule has 3 N–H and O–H groups in total. The number of fused-ring (bicyclic) bond motifs is 4. The molecule has 0 saturated carbocycles. The second-order valence-electron chi connectivity index (χ2n) is 7.23. The molecule has 4 heterocycles. The van der Waals surface area contributed by atoms with E-state index in [0.29, 0.717) is 17.0 Å². The highest BCUT2D eigenvalue weighted by Gasteiger charge is 2.14. The van der Waals surface area contributed by atoms with Crippen LogP contribution < -0.4 is 5.73 Å². The summed E-state index contributed by atoms with van der Waals surface area (Å²) < 4.78 is 14.4. The average Bonchev–Trinajstić information content (AvgIpc) is 3.39. The van der Waals surface area contributed by atoms with Crippen molar-refractivity contribution in [1.82, 2.24) is 29.5 Å². The van der Waals surface area contributed by atoms with Crippen LogP contribution in [-0.4, -0.2) is 29.5 Å². The molecule has 0 fully saturated rings. The fourth-order valence-electron chi connectivity index (χ4n) is 3.87. The monoisotopic (exact) mass is 401 g/mol. The molecule has 0 radical (unpaired) electrons. The zero-order valence-electron chi connectivity index (χ0n) is 16.2. The Labute approximate surface area is 171 Å². The highest BCUT2D eigenvalue weighted by atomic mass is 19.1. The van der Waals surface area contributed by atoms with E-state index in [1.165, 1.54) is 59.1 Å². The van der Waals surface area contributed by atoms with Crippen molar-refractivity contribution in [3.63, 3.8) is 0 Å². The fraction of sp³-hybridized carbons (Fsp3) is 0.182. The number of nitrogen functional groups attached to an aromatic ring is 1. The number of pyridine rings is 1. The van der Waals surface area contributed by atoms with E-state index in [0.717, 1.165) is 6.20 Å². The zero-order chi connectivity index (χ0) is 20.5. The first-order chi connectivity index (χ1) is 14.7. The number of aromatic nitrogens is 6. The summed E-state index contributed by atoms with van der Waals surface area (Å²) >= 11 is 0. The minimum Gasteiger partial charge on any atom is -0.368 e. The van der Waals surface area contributed by atoms with Crippen LogP contribution in [0.3, 0.4) is 0 Å². The molecule has 0 spiro atoms. The maximum atomic E-state index is 13.0. The molecular weight excluding hydrogens is 381 g/mol. The molecule has 0 amide bonds. The van der Waals surface area contributed by atoms with Gasteiger partial charge in [0.2, 0.25) is 5.95 Å². The zero-order valence-corrected chi connectivity index (χ0v) is 16.2. The summed E-state index contributed by atoms with van der Waals surface area (Å²) in [7, 11) is 0. The Morgan fingerprint density at radius 2 is 1.90 bits per heavy atom. The topological polar surface area (TPSA) is 97.8 Å². The van der Waals surface area contributed by atoms with Crippen molar-refractivity contribution in [2.45, 2.75) is 25.7 Å². The normalized spacial score (nSPS) is 13.1. The van der Waals surface area contributed by atoms with E-state index >= 15 is 0 Å². The van der Waals surface area contributed by atoms with Crippen LogP contribution in [0.2, 0.25) is 0 Å². The lowest BCUT2D eigenvalue weighted by Gasteiger charge is -2.10. The number of hydrogen-bond acceptors (Lipinski definition) is 5. The molecule has 0 unspecified atom stereocenters. The number of benzene rings is 1. The van der Waals surface area contributed by atoms with Gasteiger partial charge in [-0.05, 0) is 43.4 Å². The SMILES string of the molecule is Nc1nc(-c2cncc(F)c2)nc2ccnn12.c1ccc2c3c([nH]c2c1)CCCC3. The van der Waals surface area contributed by atoms with Crippen LogP contribution in [0.5, 0.6) is 0 Å². The summed E-state index contributed by atoms with van der Waals surface area (Å²) in [5, 5.41) is 5.39. The summed E-state index contributed by atoms with van der Waals surface area (Å²) in [4.78, 5) is 15.5. The summed E-state index contributed by atoms with van der Waals surface area (Å²) in [6.45, 7) is 0. The Balaban J connectivity index is 0.000000133. The quantitative estimate of drug-likeness (QED) is 0.443. The first kappa shape index (κ1) is 18.2. The van der Waals surface area contributed by atoms with Crippen LogP contribution in [0.25, 0.3) is 27.9 Å². The van der Waals surface area contributed by atoms with Gasteiger partial charge in [0.15, 0.2) is 11.5 Å². The highest BCUT2D eigenvalue weighted by molar-refractivity contribution is 5.84. The number of para-hydroxylation sites is 1. The molecule has 4 aromatic heterocycles. The van der Waals surface area contributed by atoms with Gasteiger partial charge >= 0.3 is 0 Å². The molecular formula is C22H20FN7. The summed E-state index contributed by atoms with van der Waals surface area (Å²) in [6.07, 6.45) is 9.36. The van der Waals surface area contributed by atoms with E-state index in [1.807, 2.05) is 0 Å². The van der Waals surface area contributed by atoms with Gasteiger partial charge in [-0.3, -0.25) is 4.98 Å². The number of rotatable bonds is 1. The van der Waals surface area contributed by atoms with E-state index < -0.39 is 5.82 Å². The van der Waals surface area contributed by atoms with Gasteiger partial charge in [0.1, 0.15) is 5.82 Å².